The third kappa shape index (κ3) is 3.51. The van der Waals surface area contributed by atoms with Crippen LogP contribution in [-0.2, 0) is 4.74 Å². The standard InChI is InChI=1S/C11H17N3O2/c1-3-16-7-8(2)14-11(15)9-5-4-6-13-10(9)12/h4-6,8H,3,7H2,1-2H3,(H2,12,13)(H,14,15). The van der Waals surface area contributed by atoms with E-state index in [1.54, 1.807) is 18.3 Å². The topological polar surface area (TPSA) is 77.2 Å². The number of carbonyl (C=O) groups excluding carboxylic acids is 1. The van der Waals surface area contributed by atoms with Crippen molar-refractivity contribution in [3.63, 3.8) is 0 Å². The number of hydrogen-bond acceptors (Lipinski definition) is 4. The van der Waals surface area contributed by atoms with Gasteiger partial charge in [0.2, 0.25) is 0 Å². The van der Waals surface area contributed by atoms with Gasteiger partial charge >= 0.3 is 0 Å². The first-order chi connectivity index (χ1) is 7.65. The van der Waals surface area contributed by atoms with Gasteiger partial charge in [-0.2, -0.15) is 0 Å². The minimum atomic E-state index is -0.224. The van der Waals surface area contributed by atoms with Crippen LogP contribution in [-0.4, -0.2) is 30.1 Å². The van der Waals surface area contributed by atoms with Crippen molar-refractivity contribution in [1.82, 2.24) is 10.3 Å². The lowest BCUT2D eigenvalue weighted by Gasteiger charge is -2.14. The Hall–Kier alpha value is -1.62. The molecule has 0 radical (unpaired) electrons. The maximum atomic E-state index is 11.8. The molecular formula is C11H17N3O2. The molecule has 1 rings (SSSR count). The highest BCUT2D eigenvalue weighted by Crippen LogP contribution is 2.06. The first kappa shape index (κ1) is 12.4. The number of nitrogens with two attached hydrogens (primary N) is 1. The van der Waals surface area contributed by atoms with Crippen LogP contribution in [0.1, 0.15) is 24.2 Å². The van der Waals surface area contributed by atoms with Gasteiger partial charge < -0.3 is 15.8 Å². The summed E-state index contributed by atoms with van der Waals surface area (Å²) in [5.74, 6) is 0.0152. The molecule has 1 aromatic heterocycles. The molecule has 1 amide bonds. The van der Waals surface area contributed by atoms with Gasteiger partial charge in [0.25, 0.3) is 5.91 Å². The lowest BCUT2D eigenvalue weighted by molar-refractivity contribution is 0.0872. The van der Waals surface area contributed by atoms with Crippen molar-refractivity contribution in [2.45, 2.75) is 19.9 Å². The van der Waals surface area contributed by atoms with Gasteiger partial charge in [0.05, 0.1) is 12.2 Å². The maximum Gasteiger partial charge on any atom is 0.255 e. The van der Waals surface area contributed by atoms with Crippen molar-refractivity contribution in [3.05, 3.63) is 23.9 Å². The summed E-state index contributed by atoms with van der Waals surface area (Å²) in [6.07, 6.45) is 1.55. The van der Waals surface area contributed by atoms with Gasteiger partial charge in [0.1, 0.15) is 5.82 Å². The minimum absolute atomic E-state index is 0.0490. The molecule has 0 aliphatic carbocycles. The minimum Gasteiger partial charge on any atom is -0.383 e. The van der Waals surface area contributed by atoms with Gasteiger partial charge in [0.15, 0.2) is 0 Å². The zero-order valence-corrected chi connectivity index (χ0v) is 9.56. The maximum absolute atomic E-state index is 11.8. The molecule has 0 saturated carbocycles. The summed E-state index contributed by atoms with van der Waals surface area (Å²) >= 11 is 0. The Kier molecular flexibility index (Phi) is 4.72. The fourth-order valence-electron chi connectivity index (χ4n) is 1.25. The third-order valence-corrected chi connectivity index (χ3v) is 2.03. The van der Waals surface area contributed by atoms with Crippen LogP contribution in [0, 0.1) is 0 Å². The van der Waals surface area contributed by atoms with E-state index in [-0.39, 0.29) is 17.8 Å². The van der Waals surface area contributed by atoms with E-state index < -0.39 is 0 Å². The number of nitrogens with zero attached hydrogens (tertiary/aromatic N) is 1. The Bertz CT molecular complexity index is 355. The normalized spacial score (nSPS) is 12.1. The van der Waals surface area contributed by atoms with Crippen LogP contribution in [0.2, 0.25) is 0 Å². The Labute approximate surface area is 95.0 Å². The van der Waals surface area contributed by atoms with Gasteiger partial charge in [-0.25, -0.2) is 4.98 Å². The summed E-state index contributed by atoms with van der Waals surface area (Å²) < 4.78 is 5.20. The number of amides is 1. The summed E-state index contributed by atoms with van der Waals surface area (Å²) in [5.41, 5.74) is 5.99. The van der Waals surface area contributed by atoms with Crippen molar-refractivity contribution in [2.24, 2.45) is 0 Å². The number of rotatable bonds is 5. The molecule has 88 valence electrons. The molecule has 5 nitrogen and oxygen atoms in total. The SMILES string of the molecule is CCOCC(C)NC(=O)c1cccnc1N. The van der Waals surface area contributed by atoms with Gasteiger partial charge in [-0.1, -0.05) is 0 Å². The van der Waals surface area contributed by atoms with Gasteiger partial charge in [0, 0.05) is 18.8 Å². The molecule has 0 spiro atoms. The van der Waals surface area contributed by atoms with E-state index in [1.165, 1.54) is 0 Å². The molecule has 16 heavy (non-hydrogen) atoms. The molecule has 0 aromatic carbocycles. The second-order valence-corrected chi connectivity index (χ2v) is 3.47. The zero-order chi connectivity index (χ0) is 12.0. The van der Waals surface area contributed by atoms with Crippen molar-refractivity contribution >= 4 is 11.7 Å². The summed E-state index contributed by atoms with van der Waals surface area (Å²) in [5, 5.41) is 2.79. The highest BCUT2D eigenvalue weighted by atomic mass is 16.5. The Morgan fingerprint density at radius 1 is 1.69 bits per heavy atom. The predicted molar refractivity (Wildman–Crippen MR) is 62.1 cm³/mol. The Morgan fingerprint density at radius 2 is 2.44 bits per heavy atom. The van der Waals surface area contributed by atoms with Crippen molar-refractivity contribution in [1.29, 1.82) is 0 Å². The summed E-state index contributed by atoms with van der Waals surface area (Å²) in [7, 11) is 0. The average Bonchev–Trinajstić information content (AvgIpc) is 2.26. The molecule has 0 saturated heterocycles. The molecular weight excluding hydrogens is 206 g/mol. The Balaban J connectivity index is 2.56. The fourth-order valence-corrected chi connectivity index (χ4v) is 1.25. The van der Waals surface area contributed by atoms with E-state index >= 15 is 0 Å². The van der Waals surface area contributed by atoms with E-state index in [2.05, 4.69) is 10.3 Å². The zero-order valence-electron chi connectivity index (χ0n) is 9.56. The average molecular weight is 223 g/mol. The molecule has 3 N–H and O–H groups in total. The van der Waals surface area contributed by atoms with E-state index in [0.717, 1.165) is 0 Å². The summed E-state index contributed by atoms with van der Waals surface area (Å²) in [6, 6.07) is 3.27. The van der Waals surface area contributed by atoms with Gasteiger partial charge in [-0.3, -0.25) is 4.79 Å². The molecule has 0 bridgehead atoms. The molecule has 1 aromatic rings. The van der Waals surface area contributed by atoms with Crippen LogP contribution >= 0.6 is 0 Å². The molecule has 0 aliphatic heterocycles. The van der Waals surface area contributed by atoms with Crippen LogP contribution in [0.3, 0.4) is 0 Å². The van der Waals surface area contributed by atoms with E-state index in [4.69, 9.17) is 10.5 Å². The number of anilines is 1. The molecule has 1 heterocycles. The van der Waals surface area contributed by atoms with E-state index in [9.17, 15) is 4.79 Å². The van der Waals surface area contributed by atoms with Gasteiger partial charge in [-0.15, -0.1) is 0 Å². The largest absolute Gasteiger partial charge is 0.383 e. The molecule has 0 fully saturated rings. The van der Waals surface area contributed by atoms with E-state index in [1.807, 2.05) is 13.8 Å². The highest BCUT2D eigenvalue weighted by Gasteiger charge is 2.12. The number of pyridine rings is 1. The highest BCUT2D eigenvalue weighted by molar-refractivity contribution is 5.98. The van der Waals surface area contributed by atoms with Crippen molar-refractivity contribution < 1.29 is 9.53 Å². The van der Waals surface area contributed by atoms with Gasteiger partial charge in [-0.05, 0) is 26.0 Å². The number of aromatic nitrogens is 1. The number of ether oxygens (including phenoxy) is 1. The monoisotopic (exact) mass is 223 g/mol. The quantitative estimate of drug-likeness (QED) is 0.774. The van der Waals surface area contributed by atoms with Crippen molar-refractivity contribution in [2.75, 3.05) is 18.9 Å². The van der Waals surface area contributed by atoms with Crippen LogP contribution < -0.4 is 11.1 Å². The number of carbonyl (C=O) groups is 1. The second-order valence-electron chi connectivity index (χ2n) is 3.47. The van der Waals surface area contributed by atoms with Crippen LogP contribution in [0.5, 0.6) is 0 Å². The lowest BCUT2D eigenvalue weighted by atomic mass is 10.2. The molecule has 0 aliphatic rings. The second kappa shape index (κ2) is 6.07. The van der Waals surface area contributed by atoms with E-state index in [0.29, 0.717) is 18.8 Å². The number of nitrogens with one attached hydrogen (secondary N) is 1. The molecule has 5 heteroatoms. The number of nitrogen functional groups attached to an aromatic ring is 1. The summed E-state index contributed by atoms with van der Waals surface area (Å²) in [4.78, 5) is 15.6. The smallest absolute Gasteiger partial charge is 0.255 e. The summed E-state index contributed by atoms with van der Waals surface area (Å²) in [6.45, 7) is 4.91. The molecule has 1 atom stereocenters. The van der Waals surface area contributed by atoms with Crippen LogP contribution in [0.4, 0.5) is 5.82 Å². The third-order valence-electron chi connectivity index (χ3n) is 2.03. The first-order valence-corrected chi connectivity index (χ1v) is 5.24. The predicted octanol–water partition coefficient (Wildman–Crippen LogP) is 0.819. The fraction of sp³-hybridized carbons (Fsp3) is 0.455. The lowest BCUT2D eigenvalue weighted by Crippen LogP contribution is -2.36. The van der Waals surface area contributed by atoms with Crippen molar-refractivity contribution in [3.8, 4) is 0 Å². The molecule has 1 unspecified atom stereocenters. The first-order valence-electron chi connectivity index (χ1n) is 5.24. The van der Waals surface area contributed by atoms with Crippen LogP contribution in [0.25, 0.3) is 0 Å². The Morgan fingerprint density at radius 3 is 3.06 bits per heavy atom. The number of hydrogen-bond donors (Lipinski definition) is 2. The van der Waals surface area contributed by atoms with Crippen LogP contribution in [0.15, 0.2) is 18.3 Å².